The van der Waals surface area contributed by atoms with Gasteiger partial charge in [0.15, 0.2) is 0 Å². The molecule has 1 unspecified atom stereocenters. The number of amides is 1. The highest BCUT2D eigenvalue weighted by Crippen LogP contribution is 2.12. The molecule has 0 aromatic carbocycles. The molecule has 0 spiro atoms. The van der Waals surface area contributed by atoms with Gasteiger partial charge >= 0.3 is 0 Å². The SMILES string of the molecule is C=CCC(C)NC(=O)c1cc(Cl)nc(CCC)c1. The van der Waals surface area contributed by atoms with Gasteiger partial charge < -0.3 is 5.32 Å². The molecular formula is C14H19ClN2O. The third kappa shape index (κ3) is 4.49. The minimum Gasteiger partial charge on any atom is -0.349 e. The molecule has 98 valence electrons. The van der Waals surface area contributed by atoms with E-state index in [2.05, 4.69) is 23.8 Å². The summed E-state index contributed by atoms with van der Waals surface area (Å²) in [5, 5.41) is 3.26. The van der Waals surface area contributed by atoms with Crippen LogP contribution in [0.1, 0.15) is 42.7 Å². The Labute approximate surface area is 113 Å². The van der Waals surface area contributed by atoms with Crippen LogP contribution in [0, 0.1) is 0 Å². The van der Waals surface area contributed by atoms with Crippen LogP contribution >= 0.6 is 11.6 Å². The molecule has 0 aliphatic rings. The highest BCUT2D eigenvalue weighted by atomic mass is 35.5. The second-order valence-corrected chi connectivity index (χ2v) is 4.71. The maximum absolute atomic E-state index is 12.0. The van der Waals surface area contributed by atoms with Gasteiger partial charge in [-0.1, -0.05) is 31.0 Å². The van der Waals surface area contributed by atoms with Crippen molar-refractivity contribution in [3.8, 4) is 0 Å². The molecule has 0 saturated carbocycles. The maximum Gasteiger partial charge on any atom is 0.251 e. The second kappa shape index (κ2) is 7.17. The maximum atomic E-state index is 12.0. The van der Waals surface area contributed by atoms with E-state index in [0.717, 1.165) is 25.0 Å². The number of hydrogen-bond donors (Lipinski definition) is 1. The molecule has 18 heavy (non-hydrogen) atoms. The molecule has 3 nitrogen and oxygen atoms in total. The van der Waals surface area contributed by atoms with E-state index in [1.807, 2.05) is 6.92 Å². The van der Waals surface area contributed by atoms with E-state index < -0.39 is 0 Å². The second-order valence-electron chi connectivity index (χ2n) is 4.32. The van der Waals surface area contributed by atoms with Crippen molar-refractivity contribution in [2.75, 3.05) is 0 Å². The fourth-order valence-corrected chi connectivity index (χ4v) is 1.91. The van der Waals surface area contributed by atoms with Gasteiger partial charge in [-0.25, -0.2) is 4.98 Å². The van der Waals surface area contributed by atoms with Crippen LogP contribution in [0.3, 0.4) is 0 Å². The highest BCUT2D eigenvalue weighted by molar-refractivity contribution is 6.29. The Balaban J connectivity index is 2.81. The zero-order valence-electron chi connectivity index (χ0n) is 10.9. The summed E-state index contributed by atoms with van der Waals surface area (Å²) in [6.07, 6.45) is 4.32. The largest absolute Gasteiger partial charge is 0.349 e. The van der Waals surface area contributed by atoms with Gasteiger partial charge in [0.05, 0.1) is 0 Å². The Hall–Kier alpha value is -1.35. The van der Waals surface area contributed by atoms with Crippen molar-refractivity contribution in [3.05, 3.63) is 41.2 Å². The van der Waals surface area contributed by atoms with Crippen molar-refractivity contribution in [2.24, 2.45) is 0 Å². The molecule has 0 radical (unpaired) electrons. The van der Waals surface area contributed by atoms with Crippen LogP contribution in [0.15, 0.2) is 24.8 Å². The topological polar surface area (TPSA) is 42.0 Å². The molecule has 0 aliphatic heterocycles. The van der Waals surface area contributed by atoms with Crippen molar-refractivity contribution in [1.82, 2.24) is 10.3 Å². The number of pyridine rings is 1. The number of hydrogen-bond acceptors (Lipinski definition) is 2. The molecule has 0 saturated heterocycles. The lowest BCUT2D eigenvalue weighted by Crippen LogP contribution is -2.32. The molecular weight excluding hydrogens is 248 g/mol. The van der Waals surface area contributed by atoms with E-state index in [0.29, 0.717) is 10.7 Å². The van der Waals surface area contributed by atoms with Gasteiger partial charge in [-0.05, 0) is 31.9 Å². The fourth-order valence-electron chi connectivity index (χ4n) is 1.68. The molecule has 1 amide bonds. The molecule has 1 atom stereocenters. The van der Waals surface area contributed by atoms with Gasteiger partial charge in [-0.3, -0.25) is 4.79 Å². The van der Waals surface area contributed by atoms with Gasteiger partial charge in [0.1, 0.15) is 5.15 Å². The van der Waals surface area contributed by atoms with Crippen molar-refractivity contribution in [3.63, 3.8) is 0 Å². The zero-order valence-corrected chi connectivity index (χ0v) is 11.6. The first-order chi connectivity index (χ1) is 8.56. The molecule has 1 aromatic heterocycles. The molecule has 1 rings (SSSR count). The van der Waals surface area contributed by atoms with Crippen LogP contribution in [0.5, 0.6) is 0 Å². The average Bonchev–Trinajstić information content (AvgIpc) is 2.28. The summed E-state index contributed by atoms with van der Waals surface area (Å²) in [5.41, 5.74) is 1.42. The first-order valence-electron chi connectivity index (χ1n) is 6.15. The first kappa shape index (κ1) is 14.7. The lowest BCUT2D eigenvalue weighted by atomic mass is 10.1. The van der Waals surface area contributed by atoms with Crippen molar-refractivity contribution >= 4 is 17.5 Å². The number of nitrogens with one attached hydrogen (secondary N) is 1. The lowest BCUT2D eigenvalue weighted by molar-refractivity contribution is 0.0940. The molecule has 0 aliphatic carbocycles. The Morgan fingerprint density at radius 1 is 1.61 bits per heavy atom. The molecule has 1 heterocycles. The van der Waals surface area contributed by atoms with Gasteiger partial charge in [0.25, 0.3) is 5.91 Å². The predicted molar refractivity (Wildman–Crippen MR) is 75.0 cm³/mol. The van der Waals surface area contributed by atoms with E-state index in [-0.39, 0.29) is 11.9 Å². The van der Waals surface area contributed by atoms with Crippen LogP contribution in [-0.4, -0.2) is 16.9 Å². The quantitative estimate of drug-likeness (QED) is 0.634. The van der Waals surface area contributed by atoms with Crippen LogP contribution < -0.4 is 5.32 Å². The minimum atomic E-state index is -0.119. The zero-order chi connectivity index (χ0) is 13.5. The summed E-state index contributed by atoms with van der Waals surface area (Å²) < 4.78 is 0. The molecule has 1 N–H and O–H groups in total. The number of halogens is 1. The number of carbonyl (C=O) groups is 1. The van der Waals surface area contributed by atoms with Gasteiger partial charge in [-0.15, -0.1) is 6.58 Å². The third-order valence-electron chi connectivity index (χ3n) is 2.51. The molecule has 0 bridgehead atoms. The first-order valence-corrected chi connectivity index (χ1v) is 6.52. The standard InChI is InChI=1S/C14H19ClN2O/c1-4-6-10(3)16-14(18)11-8-12(7-5-2)17-13(15)9-11/h4,8-10H,1,5-7H2,2-3H3,(H,16,18). The monoisotopic (exact) mass is 266 g/mol. The van der Waals surface area contributed by atoms with Crippen molar-refractivity contribution in [1.29, 1.82) is 0 Å². The fraction of sp³-hybridized carbons (Fsp3) is 0.429. The molecule has 0 fully saturated rings. The smallest absolute Gasteiger partial charge is 0.251 e. The number of aryl methyl sites for hydroxylation is 1. The molecule has 1 aromatic rings. The van der Waals surface area contributed by atoms with Crippen molar-refractivity contribution in [2.45, 2.75) is 39.2 Å². The number of rotatable bonds is 6. The summed E-state index contributed by atoms with van der Waals surface area (Å²) in [6, 6.07) is 3.46. The summed E-state index contributed by atoms with van der Waals surface area (Å²) in [7, 11) is 0. The van der Waals surface area contributed by atoms with E-state index in [4.69, 9.17) is 11.6 Å². The number of nitrogens with zero attached hydrogens (tertiary/aromatic N) is 1. The van der Waals surface area contributed by atoms with Gasteiger partial charge in [0.2, 0.25) is 0 Å². The predicted octanol–water partition coefficient (Wildman–Crippen LogP) is 3.38. The van der Waals surface area contributed by atoms with Crippen LogP contribution in [-0.2, 0) is 6.42 Å². The van der Waals surface area contributed by atoms with E-state index in [9.17, 15) is 4.79 Å². The van der Waals surface area contributed by atoms with E-state index in [1.54, 1.807) is 18.2 Å². The van der Waals surface area contributed by atoms with E-state index >= 15 is 0 Å². The van der Waals surface area contributed by atoms with E-state index in [1.165, 1.54) is 0 Å². The Bertz CT molecular complexity index is 432. The normalized spacial score (nSPS) is 11.9. The summed E-state index contributed by atoms with van der Waals surface area (Å²) in [4.78, 5) is 16.2. The van der Waals surface area contributed by atoms with Crippen LogP contribution in [0.4, 0.5) is 0 Å². The minimum absolute atomic E-state index is 0.0663. The summed E-state index contributed by atoms with van der Waals surface area (Å²) in [6.45, 7) is 7.65. The summed E-state index contributed by atoms with van der Waals surface area (Å²) in [5.74, 6) is -0.119. The highest BCUT2D eigenvalue weighted by Gasteiger charge is 2.11. The van der Waals surface area contributed by atoms with Crippen molar-refractivity contribution < 1.29 is 4.79 Å². The molecule has 4 heteroatoms. The lowest BCUT2D eigenvalue weighted by Gasteiger charge is -2.12. The van der Waals surface area contributed by atoms with Crippen LogP contribution in [0.25, 0.3) is 0 Å². The Morgan fingerprint density at radius 3 is 2.94 bits per heavy atom. The van der Waals surface area contributed by atoms with Crippen LogP contribution in [0.2, 0.25) is 5.15 Å². The van der Waals surface area contributed by atoms with Gasteiger partial charge in [0, 0.05) is 17.3 Å². The Morgan fingerprint density at radius 2 is 2.33 bits per heavy atom. The third-order valence-corrected chi connectivity index (χ3v) is 2.71. The summed E-state index contributed by atoms with van der Waals surface area (Å²) >= 11 is 5.92. The average molecular weight is 267 g/mol. The Kier molecular flexibility index (Phi) is 5.86. The number of carbonyl (C=O) groups excluding carboxylic acids is 1. The number of aromatic nitrogens is 1. The van der Waals surface area contributed by atoms with Gasteiger partial charge in [-0.2, -0.15) is 0 Å².